The summed E-state index contributed by atoms with van der Waals surface area (Å²) in [5.74, 6) is -1.01. The number of azo groups is 1. The van der Waals surface area contributed by atoms with E-state index in [1.54, 1.807) is 23.7 Å². The fourth-order valence-electron chi connectivity index (χ4n) is 2.27. The lowest BCUT2D eigenvalue weighted by Gasteiger charge is -1.96. The van der Waals surface area contributed by atoms with Crippen molar-refractivity contribution in [2.45, 2.75) is 0 Å². The monoisotopic (exact) mass is 295 g/mol. The summed E-state index contributed by atoms with van der Waals surface area (Å²) in [6.07, 6.45) is 0. The topological polar surface area (TPSA) is 87.2 Å². The third-order valence-corrected chi connectivity index (χ3v) is 3.41. The zero-order chi connectivity index (χ0) is 15.7. The van der Waals surface area contributed by atoms with Crippen LogP contribution in [-0.2, 0) is 7.05 Å². The van der Waals surface area contributed by atoms with Gasteiger partial charge in [-0.3, -0.25) is 0 Å². The second kappa shape index (κ2) is 5.33. The van der Waals surface area contributed by atoms with Crippen molar-refractivity contribution in [1.82, 2.24) is 4.57 Å². The van der Waals surface area contributed by atoms with E-state index in [0.29, 0.717) is 11.4 Å². The molecule has 110 valence electrons. The smallest absolute Gasteiger partial charge is 0.335 e. The first-order valence-electron chi connectivity index (χ1n) is 6.59. The van der Waals surface area contributed by atoms with Crippen molar-refractivity contribution >= 4 is 28.2 Å². The average molecular weight is 295 g/mol. The normalized spacial score (nSPS) is 11.3. The summed E-state index contributed by atoms with van der Waals surface area (Å²) in [6, 6.07) is 13.6. The molecule has 0 aliphatic carbocycles. The third-order valence-electron chi connectivity index (χ3n) is 3.41. The lowest BCUT2D eigenvalue weighted by molar-refractivity contribution is 0.0697. The van der Waals surface area contributed by atoms with Gasteiger partial charge in [0.1, 0.15) is 0 Å². The maximum atomic E-state index is 10.9. The number of carboxylic acid groups (broad SMARTS) is 1. The molecule has 0 atom stereocenters. The molecule has 0 fully saturated rings. The Morgan fingerprint density at radius 3 is 2.64 bits per heavy atom. The largest absolute Gasteiger partial charge is 0.493 e. The Labute approximate surface area is 126 Å². The van der Waals surface area contributed by atoms with Gasteiger partial charge in [-0.15, -0.1) is 5.11 Å². The number of aromatic nitrogens is 1. The maximum absolute atomic E-state index is 10.9. The summed E-state index contributed by atoms with van der Waals surface area (Å²) in [4.78, 5) is 10.9. The number of rotatable bonds is 3. The van der Waals surface area contributed by atoms with Crippen LogP contribution >= 0.6 is 0 Å². The summed E-state index contributed by atoms with van der Waals surface area (Å²) >= 11 is 0. The number of nitrogens with zero attached hydrogens (tertiary/aromatic N) is 3. The van der Waals surface area contributed by atoms with Gasteiger partial charge in [0.15, 0.2) is 5.69 Å². The molecule has 6 nitrogen and oxygen atoms in total. The Morgan fingerprint density at radius 1 is 1.09 bits per heavy atom. The number of para-hydroxylation sites is 1. The molecular formula is C16H13N3O3. The molecule has 0 amide bonds. The second-order valence-corrected chi connectivity index (χ2v) is 4.80. The lowest BCUT2D eigenvalue weighted by atomic mass is 10.2. The number of aromatic hydroxyl groups is 1. The van der Waals surface area contributed by atoms with Gasteiger partial charge in [0.25, 0.3) is 0 Å². The first-order chi connectivity index (χ1) is 10.6. The van der Waals surface area contributed by atoms with E-state index in [4.69, 9.17) is 5.11 Å². The highest BCUT2D eigenvalue weighted by Crippen LogP contribution is 2.38. The summed E-state index contributed by atoms with van der Waals surface area (Å²) in [5.41, 5.74) is 1.75. The van der Waals surface area contributed by atoms with Crippen molar-refractivity contribution < 1.29 is 15.0 Å². The van der Waals surface area contributed by atoms with Crippen molar-refractivity contribution in [2.24, 2.45) is 17.3 Å². The van der Waals surface area contributed by atoms with Crippen LogP contribution in [0.25, 0.3) is 10.9 Å². The van der Waals surface area contributed by atoms with Gasteiger partial charge in [-0.1, -0.05) is 24.3 Å². The zero-order valence-corrected chi connectivity index (χ0v) is 11.8. The molecule has 6 heteroatoms. The number of hydrogen-bond acceptors (Lipinski definition) is 4. The van der Waals surface area contributed by atoms with Gasteiger partial charge >= 0.3 is 5.97 Å². The SMILES string of the molecule is Cn1c(O)c(N=Nc2cccc(C(=O)O)c2)c2ccccc21. The molecule has 0 spiro atoms. The van der Waals surface area contributed by atoms with E-state index in [-0.39, 0.29) is 11.4 Å². The Kier molecular flexibility index (Phi) is 3.34. The molecule has 2 aromatic carbocycles. The van der Waals surface area contributed by atoms with Gasteiger partial charge < -0.3 is 14.8 Å². The Balaban J connectivity index is 2.05. The number of benzene rings is 2. The number of fused-ring (bicyclic) bond motifs is 1. The van der Waals surface area contributed by atoms with Crippen molar-refractivity contribution in [3.63, 3.8) is 0 Å². The van der Waals surface area contributed by atoms with Crippen LogP contribution in [0.1, 0.15) is 10.4 Å². The average Bonchev–Trinajstić information content (AvgIpc) is 2.78. The number of aromatic carboxylic acids is 1. The van der Waals surface area contributed by atoms with Gasteiger partial charge in [0, 0.05) is 12.4 Å². The maximum Gasteiger partial charge on any atom is 0.335 e. The predicted molar refractivity (Wildman–Crippen MR) is 82.2 cm³/mol. The van der Waals surface area contributed by atoms with Crippen molar-refractivity contribution in [3.05, 3.63) is 54.1 Å². The van der Waals surface area contributed by atoms with E-state index in [1.165, 1.54) is 12.1 Å². The summed E-state index contributed by atoms with van der Waals surface area (Å²) < 4.78 is 1.62. The van der Waals surface area contributed by atoms with Crippen LogP contribution in [0.2, 0.25) is 0 Å². The molecule has 3 aromatic rings. The highest BCUT2D eigenvalue weighted by atomic mass is 16.4. The molecule has 2 N–H and O–H groups in total. The zero-order valence-electron chi connectivity index (χ0n) is 11.8. The quantitative estimate of drug-likeness (QED) is 0.716. The molecular weight excluding hydrogens is 282 g/mol. The molecule has 0 aliphatic rings. The standard InChI is InChI=1S/C16H13N3O3/c1-19-13-8-3-2-7-12(13)14(15(19)20)18-17-11-6-4-5-10(9-11)16(21)22/h2-9,20H,1H3,(H,21,22). The van der Waals surface area contributed by atoms with E-state index in [2.05, 4.69) is 10.2 Å². The molecule has 1 aromatic heterocycles. The first-order valence-corrected chi connectivity index (χ1v) is 6.59. The van der Waals surface area contributed by atoms with Crippen LogP contribution in [0.15, 0.2) is 58.8 Å². The van der Waals surface area contributed by atoms with Crippen molar-refractivity contribution in [3.8, 4) is 5.88 Å². The van der Waals surface area contributed by atoms with E-state index in [0.717, 1.165) is 10.9 Å². The second-order valence-electron chi connectivity index (χ2n) is 4.80. The first kappa shape index (κ1) is 13.8. The predicted octanol–water partition coefficient (Wildman–Crippen LogP) is 4.00. The van der Waals surface area contributed by atoms with Crippen LogP contribution in [0, 0.1) is 0 Å². The van der Waals surface area contributed by atoms with Crippen LogP contribution < -0.4 is 0 Å². The molecule has 0 saturated heterocycles. The minimum Gasteiger partial charge on any atom is -0.493 e. The summed E-state index contributed by atoms with van der Waals surface area (Å²) in [5, 5.41) is 28.0. The highest BCUT2D eigenvalue weighted by Gasteiger charge is 2.13. The minimum absolute atomic E-state index is 0.0133. The number of aryl methyl sites for hydroxylation is 1. The summed E-state index contributed by atoms with van der Waals surface area (Å²) in [7, 11) is 1.74. The third kappa shape index (κ3) is 2.31. The van der Waals surface area contributed by atoms with Crippen molar-refractivity contribution in [1.29, 1.82) is 0 Å². The molecule has 1 heterocycles. The van der Waals surface area contributed by atoms with E-state index in [1.807, 2.05) is 24.3 Å². The minimum atomic E-state index is -1.02. The molecule has 0 radical (unpaired) electrons. The Morgan fingerprint density at radius 2 is 1.86 bits per heavy atom. The van der Waals surface area contributed by atoms with Crippen molar-refractivity contribution in [2.75, 3.05) is 0 Å². The molecule has 3 rings (SSSR count). The number of hydrogen-bond donors (Lipinski definition) is 2. The number of carbonyl (C=O) groups is 1. The van der Waals surface area contributed by atoms with E-state index in [9.17, 15) is 9.90 Å². The highest BCUT2D eigenvalue weighted by molar-refractivity contribution is 5.95. The van der Waals surface area contributed by atoms with E-state index < -0.39 is 5.97 Å². The molecule has 0 aliphatic heterocycles. The summed E-state index contributed by atoms with van der Waals surface area (Å²) in [6.45, 7) is 0. The van der Waals surface area contributed by atoms with Gasteiger partial charge in [0.05, 0.1) is 16.8 Å². The number of carboxylic acids is 1. The van der Waals surface area contributed by atoms with E-state index >= 15 is 0 Å². The molecule has 0 unspecified atom stereocenters. The van der Waals surface area contributed by atoms with Gasteiger partial charge in [-0.2, -0.15) is 5.11 Å². The van der Waals surface area contributed by atoms with Gasteiger partial charge in [-0.05, 0) is 24.3 Å². The van der Waals surface area contributed by atoms with Crippen LogP contribution in [-0.4, -0.2) is 20.7 Å². The van der Waals surface area contributed by atoms with Crippen LogP contribution in [0.5, 0.6) is 5.88 Å². The lowest BCUT2D eigenvalue weighted by Crippen LogP contribution is -1.94. The molecule has 0 saturated carbocycles. The Hall–Kier alpha value is -3.15. The molecule has 22 heavy (non-hydrogen) atoms. The fraction of sp³-hybridized carbons (Fsp3) is 0.0625. The van der Waals surface area contributed by atoms with Gasteiger partial charge in [0.2, 0.25) is 5.88 Å². The van der Waals surface area contributed by atoms with Gasteiger partial charge in [-0.25, -0.2) is 4.79 Å². The van der Waals surface area contributed by atoms with Crippen LogP contribution in [0.4, 0.5) is 11.4 Å². The Bertz CT molecular complexity index is 897. The van der Waals surface area contributed by atoms with Crippen LogP contribution in [0.3, 0.4) is 0 Å². The molecule has 0 bridgehead atoms. The fourth-order valence-corrected chi connectivity index (χ4v) is 2.27.